The zero-order valence-electron chi connectivity index (χ0n) is 17.2. The van der Waals surface area contributed by atoms with Crippen molar-refractivity contribution in [1.82, 2.24) is 16.2 Å². The van der Waals surface area contributed by atoms with Crippen LogP contribution in [0.2, 0.25) is 0 Å². The highest BCUT2D eigenvalue weighted by molar-refractivity contribution is 5.96. The van der Waals surface area contributed by atoms with Crippen molar-refractivity contribution in [2.75, 3.05) is 13.2 Å². The molecule has 0 radical (unpaired) electrons. The molecule has 0 heterocycles. The summed E-state index contributed by atoms with van der Waals surface area (Å²) in [6.45, 7) is 5.23. The van der Waals surface area contributed by atoms with Gasteiger partial charge in [0, 0.05) is 11.1 Å². The Morgan fingerprint density at radius 1 is 0.800 bits per heavy atom. The second-order valence-electron chi connectivity index (χ2n) is 7.54. The molecule has 0 unspecified atom stereocenters. The molecule has 0 aliphatic heterocycles. The molecular weight excluding hydrogens is 386 g/mol. The third-order valence-corrected chi connectivity index (χ3v) is 4.12. The predicted molar refractivity (Wildman–Crippen MR) is 110 cm³/mol. The van der Waals surface area contributed by atoms with Crippen LogP contribution in [-0.2, 0) is 19.7 Å². The van der Waals surface area contributed by atoms with Crippen molar-refractivity contribution >= 4 is 23.7 Å². The van der Waals surface area contributed by atoms with Gasteiger partial charge in [0.2, 0.25) is 0 Å². The lowest BCUT2D eigenvalue weighted by Crippen LogP contribution is -2.44. The highest BCUT2D eigenvalue weighted by Crippen LogP contribution is 2.22. The maximum absolute atomic E-state index is 12.1. The largest absolute Gasteiger partial charge is 0.454 e. The lowest BCUT2D eigenvalue weighted by Gasteiger charge is -2.19. The minimum atomic E-state index is -0.779. The van der Waals surface area contributed by atoms with Crippen molar-refractivity contribution in [3.8, 4) is 0 Å². The van der Waals surface area contributed by atoms with Gasteiger partial charge in [0.15, 0.2) is 6.61 Å². The van der Waals surface area contributed by atoms with Crippen LogP contribution in [0.4, 0.5) is 0 Å². The fourth-order valence-electron chi connectivity index (χ4n) is 2.40. The van der Waals surface area contributed by atoms with Gasteiger partial charge in [-0.15, -0.1) is 0 Å². The summed E-state index contributed by atoms with van der Waals surface area (Å²) in [4.78, 5) is 47.3. The number of rotatable bonds is 6. The average molecular weight is 411 g/mol. The molecular formula is C22H25N3O5. The van der Waals surface area contributed by atoms with E-state index in [1.165, 1.54) is 0 Å². The minimum absolute atomic E-state index is 0.0278. The van der Waals surface area contributed by atoms with Crippen LogP contribution >= 0.6 is 0 Å². The molecule has 0 spiro atoms. The van der Waals surface area contributed by atoms with E-state index >= 15 is 0 Å². The molecule has 2 aromatic carbocycles. The van der Waals surface area contributed by atoms with Gasteiger partial charge in [0.1, 0.15) is 6.54 Å². The van der Waals surface area contributed by atoms with Crippen molar-refractivity contribution in [1.29, 1.82) is 0 Å². The zero-order valence-corrected chi connectivity index (χ0v) is 17.2. The van der Waals surface area contributed by atoms with Gasteiger partial charge < -0.3 is 10.1 Å². The molecule has 0 aromatic heterocycles. The third kappa shape index (κ3) is 7.05. The Morgan fingerprint density at radius 2 is 1.40 bits per heavy atom. The molecule has 0 bridgehead atoms. The fourth-order valence-corrected chi connectivity index (χ4v) is 2.40. The molecule has 8 heteroatoms. The first-order chi connectivity index (χ1) is 14.2. The van der Waals surface area contributed by atoms with Gasteiger partial charge in [0.25, 0.3) is 17.7 Å². The minimum Gasteiger partial charge on any atom is -0.454 e. The first-order valence-electron chi connectivity index (χ1n) is 9.35. The summed E-state index contributed by atoms with van der Waals surface area (Å²) in [6, 6.07) is 15.4. The Morgan fingerprint density at radius 3 is 2.00 bits per heavy atom. The lowest BCUT2D eigenvalue weighted by molar-refractivity contribution is -0.147. The highest BCUT2D eigenvalue weighted by Gasteiger charge is 2.15. The van der Waals surface area contributed by atoms with E-state index in [1.807, 2.05) is 12.1 Å². The molecule has 8 nitrogen and oxygen atoms in total. The maximum atomic E-state index is 12.1. The molecule has 2 aromatic rings. The molecule has 158 valence electrons. The number of nitrogens with one attached hydrogen (secondary N) is 3. The Labute approximate surface area is 175 Å². The van der Waals surface area contributed by atoms with Gasteiger partial charge in [-0.1, -0.05) is 51.1 Å². The monoisotopic (exact) mass is 411 g/mol. The molecule has 0 atom stereocenters. The van der Waals surface area contributed by atoms with E-state index in [1.54, 1.807) is 42.5 Å². The summed E-state index contributed by atoms with van der Waals surface area (Å²) in [7, 11) is 0. The number of esters is 1. The molecule has 0 saturated carbocycles. The van der Waals surface area contributed by atoms with Crippen molar-refractivity contribution in [2.24, 2.45) is 0 Å². The zero-order chi connectivity index (χ0) is 22.1. The highest BCUT2D eigenvalue weighted by atomic mass is 16.5. The second-order valence-corrected chi connectivity index (χ2v) is 7.54. The normalized spacial score (nSPS) is 10.6. The molecule has 0 aliphatic rings. The van der Waals surface area contributed by atoms with E-state index in [4.69, 9.17) is 4.74 Å². The van der Waals surface area contributed by atoms with Crippen molar-refractivity contribution < 1.29 is 23.9 Å². The first kappa shape index (κ1) is 22.6. The number of amides is 3. The van der Waals surface area contributed by atoms with Crippen molar-refractivity contribution in [3.63, 3.8) is 0 Å². The van der Waals surface area contributed by atoms with E-state index in [2.05, 4.69) is 36.9 Å². The average Bonchev–Trinajstić information content (AvgIpc) is 2.74. The van der Waals surface area contributed by atoms with Crippen LogP contribution in [0.3, 0.4) is 0 Å². The van der Waals surface area contributed by atoms with Gasteiger partial charge in [-0.05, 0) is 35.2 Å². The Hall–Kier alpha value is -3.68. The van der Waals surface area contributed by atoms with Crippen LogP contribution in [0.15, 0.2) is 54.6 Å². The Kier molecular flexibility index (Phi) is 7.69. The summed E-state index contributed by atoms with van der Waals surface area (Å²) in [5, 5.41) is 2.44. The van der Waals surface area contributed by atoms with E-state index in [0.717, 1.165) is 5.56 Å². The SMILES string of the molecule is CC(C)(C)c1ccc(C(=O)NCC(=O)OCC(=O)NNC(=O)c2ccccc2)cc1. The number of hydrogen-bond acceptors (Lipinski definition) is 5. The van der Waals surface area contributed by atoms with Gasteiger partial charge in [-0.2, -0.15) is 0 Å². The summed E-state index contributed by atoms with van der Waals surface area (Å²) in [6.07, 6.45) is 0. The molecule has 0 saturated heterocycles. The number of benzene rings is 2. The van der Waals surface area contributed by atoms with Gasteiger partial charge in [-0.25, -0.2) is 0 Å². The molecule has 2 rings (SSSR count). The summed E-state index contributed by atoms with van der Waals surface area (Å²) in [5.41, 5.74) is 6.19. The predicted octanol–water partition coefficient (Wildman–Crippen LogP) is 1.72. The lowest BCUT2D eigenvalue weighted by atomic mass is 9.87. The van der Waals surface area contributed by atoms with E-state index in [0.29, 0.717) is 11.1 Å². The number of carbonyl (C=O) groups is 4. The molecule has 0 aliphatic carbocycles. The Bertz CT molecular complexity index is 903. The smallest absolute Gasteiger partial charge is 0.325 e. The summed E-state index contributed by atoms with van der Waals surface area (Å²) < 4.78 is 4.77. The second kappa shape index (κ2) is 10.2. The third-order valence-electron chi connectivity index (χ3n) is 4.12. The topological polar surface area (TPSA) is 114 Å². The van der Waals surface area contributed by atoms with Gasteiger partial charge >= 0.3 is 5.97 Å². The first-order valence-corrected chi connectivity index (χ1v) is 9.35. The number of hydrogen-bond donors (Lipinski definition) is 3. The van der Waals surface area contributed by atoms with Gasteiger partial charge in [0.05, 0.1) is 0 Å². The number of hydrazine groups is 1. The van der Waals surface area contributed by atoms with Crippen LogP contribution in [0.1, 0.15) is 47.1 Å². The van der Waals surface area contributed by atoms with Crippen LogP contribution in [0.25, 0.3) is 0 Å². The van der Waals surface area contributed by atoms with E-state index in [-0.39, 0.29) is 12.0 Å². The van der Waals surface area contributed by atoms with Crippen molar-refractivity contribution in [2.45, 2.75) is 26.2 Å². The fraction of sp³-hybridized carbons (Fsp3) is 0.273. The van der Waals surface area contributed by atoms with Crippen molar-refractivity contribution in [3.05, 3.63) is 71.3 Å². The molecule has 3 amide bonds. The van der Waals surface area contributed by atoms with E-state index < -0.39 is 30.3 Å². The standard InChI is InChI=1S/C22H25N3O5/c1-22(2,3)17-11-9-16(10-12-17)20(28)23-13-19(27)30-14-18(26)24-25-21(29)15-7-5-4-6-8-15/h4-12H,13-14H2,1-3H3,(H,23,28)(H,24,26)(H,25,29). The molecule has 3 N–H and O–H groups in total. The van der Waals surface area contributed by atoms with Gasteiger partial charge in [-0.3, -0.25) is 30.0 Å². The maximum Gasteiger partial charge on any atom is 0.325 e. The molecule has 0 fully saturated rings. The quantitative estimate of drug-likeness (QED) is 0.495. The Balaban J connectivity index is 1.69. The number of ether oxygens (including phenoxy) is 1. The molecule has 30 heavy (non-hydrogen) atoms. The summed E-state index contributed by atoms with van der Waals surface area (Å²) in [5.74, 6) is -2.41. The number of carbonyl (C=O) groups excluding carboxylic acids is 4. The van der Waals surface area contributed by atoms with Crippen LogP contribution in [0.5, 0.6) is 0 Å². The van der Waals surface area contributed by atoms with E-state index in [9.17, 15) is 19.2 Å². The van der Waals surface area contributed by atoms with Crippen LogP contribution in [-0.4, -0.2) is 36.8 Å². The summed E-state index contributed by atoms with van der Waals surface area (Å²) >= 11 is 0. The van der Waals surface area contributed by atoms with Crippen LogP contribution in [0, 0.1) is 0 Å². The van der Waals surface area contributed by atoms with Crippen LogP contribution < -0.4 is 16.2 Å².